The maximum Gasteiger partial charge on any atom is 0.228 e. The van der Waals surface area contributed by atoms with E-state index in [-0.39, 0.29) is 28.8 Å². The molecule has 2 bridgehead atoms. The molecule has 1 aromatic carbocycles. The Morgan fingerprint density at radius 1 is 1.40 bits per heavy atom. The van der Waals surface area contributed by atoms with Gasteiger partial charge in [-0.05, 0) is 54.9 Å². The van der Waals surface area contributed by atoms with Crippen molar-refractivity contribution in [2.75, 3.05) is 16.8 Å². The third-order valence-electron chi connectivity index (χ3n) is 6.68. The van der Waals surface area contributed by atoms with Crippen LogP contribution in [0.25, 0.3) is 0 Å². The number of amides is 1. The summed E-state index contributed by atoms with van der Waals surface area (Å²) in [6.45, 7) is 6.60. The predicted molar refractivity (Wildman–Crippen MR) is 106 cm³/mol. The largest absolute Gasteiger partial charge is 0.392 e. The number of carbonyl (C=O) groups excluding carboxylic acids is 1. The Morgan fingerprint density at radius 3 is 2.64 bits per heavy atom. The normalized spacial score (nSPS) is 31.1. The maximum absolute atomic E-state index is 12.4. The van der Waals surface area contributed by atoms with E-state index in [1.165, 1.54) is 6.42 Å². The van der Waals surface area contributed by atoms with Gasteiger partial charge in [0, 0.05) is 33.5 Å². The van der Waals surface area contributed by atoms with Crippen molar-refractivity contribution in [1.29, 1.82) is 0 Å². The number of thioether (sulfide) groups is 1. The monoisotopic (exact) mass is 381 g/mol. The van der Waals surface area contributed by atoms with Gasteiger partial charge in [0.15, 0.2) is 0 Å². The molecular formula is C20H28ClNO2S. The number of hydrogen-bond donors (Lipinski definition) is 2. The number of benzene rings is 1. The van der Waals surface area contributed by atoms with Gasteiger partial charge in [0.1, 0.15) is 0 Å². The molecule has 0 radical (unpaired) electrons. The molecule has 1 aromatic rings. The Bertz CT molecular complexity index is 633. The first-order valence-electron chi connectivity index (χ1n) is 9.08. The van der Waals surface area contributed by atoms with E-state index in [2.05, 4.69) is 19.2 Å². The van der Waals surface area contributed by atoms with Crippen LogP contribution in [0.4, 0.5) is 5.69 Å². The highest BCUT2D eigenvalue weighted by molar-refractivity contribution is 7.99. The molecule has 2 N–H and O–H groups in total. The van der Waals surface area contributed by atoms with Crippen LogP contribution in [0, 0.1) is 22.7 Å². The number of anilines is 1. The second kappa shape index (κ2) is 7.13. The second-order valence-electron chi connectivity index (χ2n) is 8.28. The molecule has 2 aliphatic rings. The Hall–Kier alpha value is -0.710. The van der Waals surface area contributed by atoms with Crippen molar-refractivity contribution in [2.24, 2.45) is 22.7 Å². The molecule has 3 nitrogen and oxygen atoms in total. The van der Waals surface area contributed by atoms with Crippen LogP contribution in [0.1, 0.15) is 40.0 Å². The van der Waals surface area contributed by atoms with Gasteiger partial charge in [-0.3, -0.25) is 4.79 Å². The molecule has 0 aromatic heterocycles. The summed E-state index contributed by atoms with van der Waals surface area (Å²) < 4.78 is 0. The van der Waals surface area contributed by atoms with Crippen molar-refractivity contribution < 1.29 is 9.90 Å². The van der Waals surface area contributed by atoms with Gasteiger partial charge in [-0.1, -0.05) is 32.4 Å². The van der Waals surface area contributed by atoms with E-state index in [1.807, 2.05) is 30.8 Å². The minimum atomic E-state index is -0.188. The Morgan fingerprint density at radius 2 is 2.08 bits per heavy atom. The minimum Gasteiger partial charge on any atom is -0.392 e. The molecule has 25 heavy (non-hydrogen) atoms. The predicted octanol–water partition coefficient (Wildman–Crippen LogP) is 4.84. The molecule has 2 fully saturated rings. The number of aliphatic hydroxyl groups is 1. The molecular weight excluding hydrogens is 354 g/mol. The standard InChI is InChI=1S/C20H28ClNO2S/c1-13(18(24)22-16-6-4-15(21)5-7-16)11-25-12-20-9-8-14(10-17(20)23)19(20,2)3/h4-7,13-14,17,23H,8-12H2,1-3H3,(H,22,24)/t13-,14?,17?,20?/m0/s1. The summed E-state index contributed by atoms with van der Waals surface area (Å²) in [7, 11) is 0. The first kappa shape index (κ1) is 19.1. The molecule has 138 valence electrons. The van der Waals surface area contributed by atoms with E-state index in [9.17, 15) is 9.90 Å². The van der Waals surface area contributed by atoms with E-state index < -0.39 is 0 Å². The Labute approximate surface area is 159 Å². The van der Waals surface area contributed by atoms with E-state index in [0.29, 0.717) is 10.9 Å². The minimum absolute atomic E-state index is 0.0225. The van der Waals surface area contributed by atoms with Gasteiger partial charge in [-0.2, -0.15) is 11.8 Å². The number of aliphatic hydroxyl groups excluding tert-OH is 1. The molecule has 3 unspecified atom stereocenters. The van der Waals surface area contributed by atoms with Crippen molar-refractivity contribution in [1.82, 2.24) is 0 Å². The van der Waals surface area contributed by atoms with Crippen LogP contribution >= 0.6 is 23.4 Å². The van der Waals surface area contributed by atoms with Crippen LogP contribution in [0.3, 0.4) is 0 Å². The molecule has 0 heterocycles. The summed E-state index contributed by atoms with van der Waals surface area (Å²) in [5.41, 5.74) is 0.999. The lowest BCUT2D eigenvalue weighted by molar-refractivity contribution is -0.118. The summed E-state index contributed by atoms with van der Waals surface area (Å²) >= 11 is 7.68. The number of nitrogens with one attached hydrogen (secondary N) is 1. The molecule has 1 amide bonds. The average Bonchev–Trinajstić information content (AvgIpc) is 2.91. The van der Waals surface area contributed by atoms with Gasteiger partial charge in [-0.25, -0.2) is 0 Å². The highest BCUT2D eigenvalue weighted by atomic mass is 35.5. The smallest absolute Gasteiger partial charge is 0.228 e. The first-order valence-corrected chi connectivity index (χ1v) is 10.6. The van der Waals surface area contributed by atoms with Crippen LogP contribution in [0.15, 0.2) is 24.3 Å². The molecule has 4 atom stereocenters. The van der Waals surface area contributed by atoms with Gasteiger partial charge < -0.3 is 10.4 Å². The summed E-state index contributed by atoms with van der Waals surface area (Å²) in [5.74, 6) is 2.32. The number of rotatable bonds is 6. The lowest BCUT2D eigenvalue weighted by atomic mass is 9.70. The zero-order valence-corrected chi connectivity index (χ0v) is 16.8. The fourth-order valence-electron chi connectivity index (χ4n) is 4.67. The molecule has 3 rings (SSSR count). The van der Waals surface area contributed by atoms with Crippen molar-refractivity contribution in [2.45, 2.75) is 46.1 Å². The van der Waals surface area contributed by atoms with Gasteiger partial charge >= 0.3 is 0 Å². The SMILES string of the molecule is C[C@@H](CSCC12CCC(CC1O)C2(C)C)C(=O)Nc1ccc(Cl)cc1. The number of hydrogen-bond acceptors (Lipinski definition) is 3. The highest BCUT2D eigenvalue weighted by Crippen LogP contribution is 2.66. The topological polar surface area (TPSA) is 49.3 Å². The van der Waals surface area contributed by atoms with Gasteiger partial charge in [-0.15, -0.1) is 0 Å². The molecule has 0 aliphatic heterocycles. The van der Waals surface area contributed by atoms with Crippen molar-refractivity contribution in [3.63, 3.8) is 0 Å². The molecule has 0 spiro atoms. The molecule has 0 saturated heterocycles. The van der Waals surface area contributed by atoms with E-state index in [1.54, 1.807) is 12.1 Å². The molecule has 2 aliphatic carbocycles. The lowest BCUT2D eigenvalue weighted by Crippen LogP contribution is -2.41. The van der Waals surface area contributed by atoms with Crippen LogP contribution in [0.2, 0.25) is 5.02 Å². The summed E-state index contributed by atoms with van der Waals surface area (Å²) in [4.78, 5) is 12.4. The number of fused-ring (bicyclic) bond motifs is 2. The van der Waals surface area contributed by atoms with Crippen LogP contribution in [-0.2, 0) is 4.79 Å². The fourth-order valence-corrected chi connectivity index (χ4v) is 6.49. The Balaban J connectivity index is 1.51. The molecule has 2 saturated carbocycles. The summed E-state index contributed by atoms with van der Waals surface area (Å²) in [5, 5.41) is 14.2. The van der Waals surface area contributed by atoms with Crippen LogP contribution in [-0.4, -0.2) is 28.6 Å². The van der Waals surface area contributed by atoms with E-state index in [0.717, 1.165) is 30.0 Å². The third-order valence-corrected chi connectivity index (χ3v) is 8.38. The van der Waals surface area contributed by atoms with E-state index in [4.69, 9.17) is 11.6 Å². The van der Waals surface area contributed by atoms with Crippen molar-refractivity contribution >= 4 is 35.0 Å². The van der Waals surface area contributed by atoms with Gasteiger partial charge in [0.2, 0.25) is 5.91 Å². The quantitative estimate of drug-likeness (QED) is 0.741. The van der Waals surface area contributed by atoms with Crippen LogP contribution < -0.4 is 5.32 Å². The van der Waals surface area contributed by atoms with Crippen molar-refractivity contribution in [3.8, 4) is 0 Å². The van der Waals surface area contributed by atoms with Gasteiger partial charge in [0.25, 0.3) is 0 Å². The third kappa shape index (κ3) is 3.45. The second-order valence-corrected chi connectivity index (χ2v) is 9.74. The highest BCUT2D eigenvalue weighted by Gasteiger charge is 2.63. The number of carbonyl (C=O) groups is 1. The zero-order valence-electron chi connectivity index (χ0n) is 15.2. The maximum atomic E-state index is 12.4. The lowest BCUT2D eigenvalue weighted by Gasteiger charge is -2.40. The Kier molecular flexibility index (Phi) is 5.44. The number of halogens is 1. The zero-order chi connectivity index (χ0) is 18.2. The van der Waals surface area contributed by atoms with Crippen LogP contribution in [0.5, 0.6) is 0 Å². The van der Waals surface area contributed by atoms with Gasteiger partial charge in [0.05, 0.1) is 6.10 Å². The van der Waals surface area contributed by atoms with E-state index >= 15 is 0 Å². The molecule has 5 heteroatoms. The van der Waals surface area contributed by atoms with Crippen molar-refractivity contribution in [3.05, 3.63) is 29.3 Å². The summed E-state index contributed by atoms with van der Waals surface area (Å²) in [6, 6.07) is 7.18. The first-order chi connectivity index (χ1) is 11.8. The average molecular weight is 382 g/mol. The fraction of sp³-hybridized carbons (Fsp3) is 0.650. The summed E-state index contributed by atoms with van der Waals surface area (Å²) in [6.07, 6.45) is 3.11.